The first-order chi connectivity index (χ1) is 29.8. The van der Waals surface area contributed by atoms with Crippen molar-refractivity contribution in [1.82, 2.24) is 0 Å². The Morgan fingerprint density at radius 2 is 0.800 bits per heavy atom. The minimum atomic E-state index is 1.10. The van der Waals surface area contributed by atoms with Crippen LogP contribution in [0.4, 0.5) is 17.1 Å². The Bertz CT molecular complexity index is 3570. The van der Waals surface area contributed by atoms with Gasteiger partial charge in [-0.2, -0.15) is 0 Å². The highest BCUT2D eigenvalue weighted by atomic mass is 32.1. The average molecular weight is 780 g/mol. The van der Waals surface area contributed by atoms with Crippen LogP contribution in [0.25, 0.3) is 96.6 Å². The van der Waals surface area contributed by atoms with E-state index in [1.807, 2.05) is 11.3 Å². The van der Waals surface area contributed by atoms with Gasteiger partial charge in [-0.15, -0.1) is 11.3 Å². The van der Waals surface area contributed by atoms with Gasteiger partial charge in [-0.25, -0.2) is 0 Å². The van der Waals surface area contributed by atoms with Crippen LogP contribution in [0.5, 0.6) is 0 Å². The summed E-state index contributed by atoms with van der Waals surface area (Å²) in [5.74, 6) is 0. The molecule has 1 nitrogen and oxygen atoms in total. The van der Waals surface area contributed by atoms with Crippen LogP contribution in [0.2, 0.25) is 0 Å². The Morgan fingerprint density at radius 1 is 0.283 bits per heavy atom. The van der Waals surface area contributed by atoms with Crippen LogP contribution in [-0.2, 0) is 0 Å². The molecule has 1 heterocycles. The molecule has 0 aliphatic heterocycles. The molecule has 0 fully saturated rings. The van der Waals surface area contributed by atoms with Gasteiger partial charge in [0.25, 0.3) is 0 Å². The predicted molar refractivity (Wildman–Crippen MR) is 260 cm³/mol. The molecular formula is C58H37NS. The third kappa shape index (κ3) is 5.61. The molecule has 0 atom stereocenters. The molecule has 12 rings (SSSR count). The van der Waals surface area contributed by atoms with Gasteiger partial charge in [0, 0.05) is 37.1 Å². The van der Waals surface area contributed by atoms with Crippen LogP contribution in [0.1, 0.15) is 0 Å². The van der Waals surface area contributed by atoms with Gasteiger partial charge < -0.3 is 4.90 Å². The van der Waals surface area contributed by atoms with Gasteiger partial charge >= 0.3 is 0 Å². The maximum Gasteiger partial charge on any atom is 0.0540 e. The number of hydrogen-bond acceptors (Lipinski definition) is 2. The first-order valence-corrected chi connectivity index (χ1v) is 21.4. The number of nitrogens with zero attached hydrogens (tertiary/aromatic N) is 1. The monoisotopic (exact) mass is 779 g/mol. The highest BCUT2D eigenvalue weighted by Crippen LogP contribution is 2.46. The summed E-state index contributed by atoms with van der Waals surface area (Å²) in [6.07, 6.45) is 0. The van der Waals surface area contributed by atoms with Crippen LogP contribution >= 0.6 is 11.3 Å². The molecule has 0 aliphatic carbocycles. The second kappa shape index (κ2) is 14.1. The number of hydrogen-bond donors (Lipinski definition) is 0. The van der Waals surface area contributed by atoms with E-state index in [1.165, 1.54) is 96.6 Å². The van der Waals surface area contributed by atoms with E-state index in [9.17, 15) is 0 Å². The van der Waals surface area contributed by atoms with Crippen molar-refractivity contribution >= 4 is 91.7 Å². The van der Waals surface area contributed by atoms with Crippen molar-refractivity contribution in [2.45, 2.75) is 0 Å². The van der Waals surface area contributed by atoms with Crippen LogP contribution < -0.4 is 4.90 Å². The maximum atomic E-state index is 2.45. The molecule has 11 aromatic carbocycles. The number of benzene rings is 11. The molecule has 0 bridgehead atoms. The fraction of sp³-hybridized carbons (Fsp3) is 0. The van der Waals surface area contributed by atoms with Gasteiger partial charge in [-0.1, -0.05) is 182 Å². The molecule has 0 amide bonds. The number of rotatable bonds is 6. The Labute approximate surface area is 352 Å². The average Bonchev–Trinajstić information content (AvgIpc) is 3.71. The van der Waals surface area contributed by atoms with Crippen molar-refractivity contribution in [3.63, 3.8) is 0 Å². The largest absolute Gasteiger partial charge is 0.310 e. The molecule has 2 heteroatoms. The summed E-state index contributed by atoms with van der Waals surface area (Å²) >= 11 is 1.88. The molecular weight excluding hydrogens is 743 g/mol. The molecule has 280 valence electrons. The number of fused-ring (bicyclic) bond motifs is 10. The standard InChI is InChI=1S/C58H37NS/c1-2-18-44-38(14-1)15-12-25-45(44)40-16-11-17-41(36-40)46-19-7-9-28-56(46)59(43-34-35-52-50-22-4-3-20-48(50)49-21-5-6-23-51(49)55(52)37-43)42-32-30-39(31-33-42)47-26-13-27-54-53-24-8-10-29-57(53)60-58(47)54/h1-37H. The summed E-state index contributed by atoms with van der Waals surface area (Å²) < 4.78 is 2.65. The second-order valence-electron chi connectivity index (χ2n) is 15.6. The van der Waals surface area contributed by atoms with Gasteiger partial charge in [-0.3, -0.25) is 0 Å². The molecule has 0 unspecified atom stereocenters. The normalized spacial score (nSPS) is 11.7. The lowest BCUT2D eigenvalue weighted by atomic mass is 9.93. The molecule has 0 N–H and O–H groups in total. The lowest BCUT2D eigenvalue weighted by Gasteiger charge is -2.29. The van der Waals surface area contributed by atoms with Crippen LogP contribution in [-0.4, -0.2) is 0 Å². The zero-order chi connectivity index (χ0) is 39.6. The fourth-order valence-electron chi connectivity index (χ4n) is 9.47. The predicted octanol–water partition coefficient (Wildman–Crippen LogP) is 17.1. The van der Waals surface area contributed by atoms with Crippen molar-refractivity contribution < 1.29 is 0 Å². The van der Waals surface area contributed by atoms with E-state index in [-0.39, 0.29) is 0 Å². The van der Waals surface area contributed by atoms with E-state index in [0.29, 0.717) is 0 Å². The lowest BCUT2D eigenvalue weighted by Crippen LogP contribution is -2.11. The topological polar surface area (TPSA) is 3.24 Å². The Hall–Kier alpha value is -7.52. The van der Waals surface area contributed by atoms with E-state index in [0.717, 1.165) is 17.1 Å². The van der Waals surface area contributed by atoms with Crippen molar-refractivity contribution in [3.8, 4) is 33.4 Å². The summed E-state index contributed by atoms with van der Waals surface area (Å²) in [7, 11) is 0. The molecule has 1 aromatic heterocycles. The molecule has 60 heavy (non-hydrogen) atoms. The second-order valence-corrected chi connectivity index (χ2v) is 16.7. The number of anilines is 3. The zero-order valence-corrected chi connectivity index (χ0v) is 33.5. The SMILES string of the molecule is c1cc(-c2ccccc2N(c2ccc(-c3cccc4c3sc3ccccc34)cc2)c2ccc3c4ccccc4c4ccccc4c3c2)cc(-c2cccc3ccccc23)c1. The van der Waals surface area contributed by atoms with Gasteiger partial charge in [0.15, 0.2) is 0 Å². The van der Waals surface area contributed by atoms with Gasteiger partial charge in [0.1, 0.15) is 0 Å². The minimum absolute atomic E-state index is 1.10. The van der Waals surface area contributed by atoms with Crippen LogP contribution in [0.15, 0.2) is 224 Å². The quantitative estimate of drug-likeness (QED) is 0.152. The summed E-state index contributed by atoms with van der Waals surface area (Å²) in [4.78, 5) is 2.45. The lowest BCUT2D eigenvalue weighted by molar-refractivity contribution is 1.29. The molecule has 0 radical (unpaired) electrons. The van der Waals surface area contributed by atoms with Crippen LogP contribution in [0, 0.1) is 0 Å². The minimum Gasteiger partial charge on any atom is -0.310 e. The van der Waals surface area contributed by atoms with E-state index >= 15 is 0 Å². The third-order valence-corrected chi connectivity index (χ3v) is 13.5. The number of para-hydroxylation sites is 1. The Kier molecular flexibility index (Phi) is 8.11. The summed E-state index contributed by atoms with van der Waals surface area (Å²) in [6.45, 7) is 0. The van der Waals surface area contributed by atoms with Gasteiger partial charge in [-0.05, 0) is 113 Å². The van der Waals surface area contributed by atoms with E-state index in [1.54, 1.807) is 0 Å². The summed E-state index contributed by atoms with van der Waals surface area (Å²) in [6, 6.07) is 82.5. The van der Waals surface area contributed by atoms with Crippen molar-refractivity contribution in [2.75, 3.05) is 4.90 Å². The zero-order valence-electron chi connectivity index (χ0n) is 32.7. The van der Waals surface area contributed by atoms with Crippen molar-refractivity contribution in [1.29, 1.82) is 0 Å². The maximum absolute atomic E-state index is 2.45. The van der Waals surface area contributed by atoms with Crippen molar-refractivity contribution in [3.05, 3.63) is 224 Å². The van der Waals surface area contributed by atoms with E-state index in [2.05, 4.69) is 229 Å². The molecule has 0 saturated heterocycles. The third-order valence-electron chi connectivity index (χ3n) is 12.2. The molecule has 0 spiro atoms. The van der Waals surface area contributed by atoms with E-state index < -0.39 is 0 Å². The molecule has 12 aromatic rings. The highest BCUT2D eigenvalue weighted by Gasteiger charge is 2.20. The van der Waals surface area contributed by atoms with Gasteiger partial charge in [0.05, 0.1) is 5.69 Å². The molecule has 0 saturated carbocycles. The number of thiophene rings is 1. The Balaban J connectivity index is 1.06. The smallest absolute Gasteiger partial charge is 0.0540 e. The summed E-state index contributed by atoms with van der Waals surface area (Å²) in [5, 5.41) is 12.7. The highest BCUT2D eigenvalue weighted by molar-refractivity contribution is 7.26. The van der Waals surface area contributed by atoms with E-state index in [4.69, 9.17) is 0 Å². The first-order valence-electron chi connectivity index (χ1n) is 20.6. The summed E-state index contributed by atoms with van der Waals surface area (Å²) in [5.41, 5.74) is 10.6. The Morgan fingerprint density at radius 3 is 1.58 bits per heavy atom. The van der Waals surface area contributed by atoms with Gasteiger partial charge in [0.2, 0.25) is 0 Å². The van der Waals surface area contributed by atoms with Crippen molar-refractivity contribution in [2.24, 2.45) is 0 Å². The first kappa shape index (κ1) is 34.5. The molecule has 0 aliphatic rings. The van der Waals surface area contributed by atoms with Crippen LogP contribution in [0.3, 0.4) is 0 Å². The fourth-order valence-corrected chi connectivity index (χ4v) is 10.7.